The molecule has 248 valence electrons. The maximum absolute atomic E-state index is 13.7. The Kier molecular flexibility index (Phi) is 9.30. The molecule has 0 aliphatic carbocycles. The van der Waals surface area contributed by atoms with E-state index in [0.717, 1.165) is 32.1 Å². The lowest BCUT2D eigenvalue weighted by Gasteiger charge is -2.20. The first-order valence-corrected chi connectivity index (χ1v) is 15.3. The lowest BCUT2D eigenvalue weighted by Crippen LogP contribution is -2.31. The van der Waals surface area contributed by atoms with E-state index in [0.29, 0.717) is 54.6 Å². The molecule has 2 aromatic heterocycles. The van der Waals surface area contributed by atoms with Crippen molar-refractivity contribution in [3.8, 4) is 0 Å². The van der Waals surface area contributed by atoms with E-state index in [1.807, 2.05) is 0 Å². The molecule has 0 radical (unpaired) electrons. The third-order valence-corrected chi connectivity index (χ3v) is 8.26. The Morgan fingerprint density at radius 2 is 1.53 bits per heavy atom. The summed E-state index contributed by atoms with van der Waals surface area (Å²) >= 11 is 0. The number of hydrogen-bond donors (Lipinski definition) is 3. The Morgan fingerprint density at radius 1 is 0.915 bits per heavy atom. The monoisotopic (exact) mass is 656 g/mol. The number of alkyl halides is 3. The van der Waals surface area contributed by atoms with Crippen LogP contribution in [0.5, 0.6) is 0 Å². The zero-order valence-electron chi connectivity index (χ0n) is 25.5. The van der Waals surface area contributed by atoms with Crippen LogP contribution in [0, 0.1) is 30.4 Å². The van der Waals surface area contributed by atoms with Crippen LogP contribution >= 0.6 is 0 Å². The lowest BCUT2D eigenvalue weighted by molar-refractivity contribution is -0.138. The van der Waals surface area contributed by atoms with E-state index in [1.165, 1.54) is 35.2 Å². The molecule has 1 amide bonds. The number of nitrogens with one attached hydrogen (secondary N) is 3. The second-order valence-corrected chi connectivity index (χ2v) is 11.8. The van der Waals surface area contributed by atoms with Gasteiger partial charge in [0.25, 0.3) is 17.9 Å². The molecule has 0 saturated carbocycles. The molecular formula is C33H33F5N6O3. The Morgan fingerprint density at radius 3 is 2.09 bits per heavy atom. The second-order valence-electron chi connectivity index (χ2n) is 11.8. The average molecular weight is 657 g/mol. The van der Waals surface area contributed by atoms with Crippen LogP contribution in [0.25, 0.3) is 22.2 Å². The number of aromatic nitrogens is 2. The van der Waals surface area contributed by atoms with Crippen LogP contribution in [0.15, 0.2) is 63.4 Å². The number of nitrogens with zero attached hydrogens (tertiary/aromatic N) is 3. The SMILES string of the molecule is Cc1ccc(C(F)(F)F)c(C(=O)N2CC[C@@H](CNc3nc4cccc(F)c4o3)C2)c1.Fc1cccc2nc(NC[C@@H]3CCNC3)oc12. The van der Waals surface area contributed by atoms with Crippen molar-refractivity contribution >= 4 is 40.1 Å². The van der Waals surface area contributed by atoms with E-state index in [9.17, 15) is 26.7 Å². The molecule has 4 heterocycles. The van der Waals surface area contributed by atoms with Gasteiger partial charge in [-0.15, -0.1) is 0 Å². The van der Waals surface area contributed by atoms with Gasteiger partial charge in [-0.3, -0.25) is 4.79 Å². The summed E-state index contributed by atoms with van der Waals surface area (Å²) in [7, 11) is 0. The standard InChI is InChI=1S/C21H19F4N3O2.C12H14FN3O/c1-12-5-6-15(21(23,24)25)14(9-12)19(29)28-8-7-13(11-28)10-26-20-27-17-4-2-3-16(22)18(17)30-20;13-9-2-1-3-10-11(9)17-12(16-10)15-7-8-4-5-14-6-8/h2-6,9,13H,7-8,10-11H2,1H3,(H,26,27);1-3,8,14H,4-7H2,(H,15,16)/t13-;8-/m01/s1. The van der Waals surface area contributed by atoms with Gasteiger partial charge in [-0.05, 0) is 81.1 Å². The van der Waals surface area contributed by atoms with Gasteiger partial charge in [0, 0.05) is 26.2 Å². The Labute approximate surface area is 266 Å². The first-order chi connectivity index (χ1) is 22.5. The molecular weight excluding hydrogens is 623 g/mol. The van der Waals surface area contributed by atoms with Gasteiger partial charge >= 0.3 is 6.18 Å². The van der Waals surface area contributed by atoms with Gasteiger partial charge in [0.2, 0.25) is 0 Å². The number of rotatable bonds is 7. The van der Waals surface area contributed by atoms with Crippen LogP contribution in [-0.2, 0) is 6.18 Å². The largest absolute Gasteiger partial charge is 0.420 e. The predicted molar refractivity (Wildman–Crippen MR) is 166 cm³/mol. The van der Waals surface area contributed by atoms with Crippen LogP contribution in [0.1, 0.15) is 34.3 Å². The molecule has 2 saturated heterocycles. The van der Waals surface area contributed by atoms with Crippen LogP contribution in [0.2, 0.25) is 0 Å². The maximum atomic E-state index is 13.7. The number of fused-ring (bicyclic) bond motifs is 2. The van der Waals surface area contributed by atoms with Crippen molar-refractivity contribution < 1.29 is 35.6 Å². The van der Waals surface area contributed by atoms with Crippen LogP contribution in [0.4, 0.5) is 34.0 Å². The number of amides is 1. The topological polar surface area (TPSA) is 108 Å². The van der Waals surface area contributed by atoms with Crippen molar-refractivity contribution in [3.05, 3.63) is 82.9 Å². The van der Waals surface area contributed by atoms with Gasteiger partial charge in [-0.1, -0.05) is 23.8 Å². The van der Waals surface area contributed by atoms with Crippen molar-refractivity contribution in [2.45, 2.75) is 25.9 Å². The first kappa shape index (κ1) is 32.2. The summed E-state index contributed by atoms with van der Waals surface area (Å²) in [5.41, 5.74) is 0.560. The highest BCUT2D eigenvalue weighted by atomic mass is 19.4. The number of anilines is 2. The third-order valence-electron chi connectivity index (χ3n) is 8.26. The summed E-state index contributed by atoms with van der Waals surface area (Å²) < 4.78 is 77.7. The van der Waals surface area contributed by atoms with E-state index < -0.39 is 23.5 Å². The minimum Gasteiger partial charge on any atom is -0.420 e. The van der Waals surface area contributed by atoms with Crippen molar-refractivity contribution in [1.82, 2.24) is 20.2 Å². The normalized spacial score (nSPS) is 18.0. The van der Waals surface area contributed by atoms with E-state index in [2.05, 4.69) is 25.9 Å². The minimum atomic E-state index is -4.60. The molecule has 0 unspecified atom stereocenters. The van der Waals surface area contributed by atoms with Gasteiger partial charge in [0.05, 0.1) is 11.1 Å². The first-order valence-electron chi connectivity index (χ1n) is 15.3. The molecule has 7 rings (SSSR count). The van der Waals surface area contributed by atoms with Crippen LogP contribution in [0.3, 0.4) is 0 Å². The van der Waals surface area contributed by atoms with Crippen molar-refractivity contribution in [1.29, 1.82) is 0 Å². The average Bonchev–Trinajstić information content (AvgIpc) is 3.85. The van der Waals surface area contributed by atoms with Gasteiger partial charge < -0.3 is 29.7 Å². The van der Waals surface area contributed by atoms with E-state index in [1.54, 1.807) is 25.1 Å². The quantitative estimate of drug-likeness (QED) is 0.163. The fourth-order valence-corrected chi connectivity index (χ4v) is 5.77. The summed E-state index contributed by atoms with van der Waals surface area (Å²) in [5.74, 6) is -0.907. The highest BCUT2D eigenvalue weighted by Gasteiger charge is 2.37. The molecule has 0 bridgehead atoms. The zero-order valence-corrected chi connectivity index (χ0v) is 25.5. The molecule has 0 spiro atoms. The highest BCUT2D eigenvalue weighted by Crippen LogP contribution is 2.34. The number of aryl methyl sites for hydroxylation is 1. The van der Waals surface area contributed by atoms with Crippen molar-refractivity contribution in [2.75, 3.05) is 49.9 Å². The third kappa shape index (κ3) is 7.48. The van der Waals surface area contributed by atoms with Gasteiger partial charge in [-0.2, -0.15) is 23.1 Å². The second kappa shape index (κ2) is 13.6. The number of benzene rings is 3. The molecule has 2 fully saturated rings. The lowest BCUT2D eigenvalue weighted by atomic mass is 10.0. The van der Waals surface area contributed by atoms with Crippen molar-refractivity contribution in [3.63, 3.8) is 0 Å². The van der Waals surface area contributed by atoms with Crippen LogP contribution < -0.4 is 16.0 Å². The predicted octanol–water partition coefficient (Wildman–Crippen LogP) is 6.86. The Bertz CT molecular complexity index is 1870. The van der Waals surface area contributed by atoms with Gasteiger partial charge in [0.15, 0.2) is 22.8 Å². The molecule has 3 N–H and O–H groups in total. The summed E-state index contributed by atoms with van der Waals surface area (Å²) in [6, 6.07) is 13.3. The fourth-order valence-electron chi connectivity index (χ4n) is 5.77. The van der Waals surface area contributed by atoms with Crippen LogP contribution in [-0.4, -0.2) is 60.0 Å². The molecule has 2 aliphatic rings. The van der Waals surface area contributed by atoms with E-state index in [-0.39, 0.29) is 34.5 Å². The van der Waals surface area contributed by atoms with Gasteiger partial charge in [0.1, 0.15) is 11.0 Å². The number of carbonyl (C=O) groups excluding carboxylic acids is 1. The molecule has 2 aliphatic heterocycles. The van der Waals surface area contributed by atoms with E-state index >= 15 is 0 Å². The van der Waals surface area contributed by atoms with Crippen molar-refractivity contribution in [2.24, 2.45) is 11.8 Å². The number of halogens is 5. The minimum absolute atomic E-state index is 0.00737. The summed E-state index contributed by atoms with van der Waals surface area (Å²) in [5, 5.41) is 9.40. The summed E-state index contributed by atoms with van der Waals surface area (Å²) in [6.07, 6.45) is -2.82. The molecule has 2 atom stereocenters. The summed E-state index contributed by atoms with van der Waals surface area (Å²) in [4.78, 5) is 22.6. The molecule has 5 aromatic rings. The van der Waals surface area contributed by atoms with Gasteiger partial charge in [-0.25, -0.2) is 8.78 Å². The highest BCUT2D eigenvalue weighted by molar-refractivity contribution is 5.96. The molecule has 14 heteroatoms. The number of para-hydroxylation sites is 2. The number of carbonyl (C=O) groups is 1. The Hall–Kier alpha value is -4.72. The molecule has 47 heavy (non-hydrogen) atoms. The number of hydrogen-bond acceptors (Lipinski definition) is 8. The molecule has 9 nitrogen and oxygen atoms in total. The number of oxazole rings is 2. The van der Waals surface area contributed by atoms with E-state index in [4.69, 9.17) is 8.83 Å². The zero-order chi connectivity index (χ0) is 33.1. The molecule has 3 aromatic carbocycles. The maximum Gasteiger partial charge on any atom is 0.417 e. The smallest absolute Gasteiger partial charge is 0.417 e. The summed E-state index contributed by atoms with van der Waals surface area (Å²) in [6.45, 7) is 5.61. The fraction of sp³-hybridized carbons (Fsp3) is 0.364. The Balaban J connectivity index is 0.000000191. The number of likely N-dealkylation sites (tertiary alicyclic amines) is 1.